The molecule has 0 aliphatic heterocycles. The number of hydrogen-bond donors (Lipinski definition) is 0. The maximum atomic E-state index is 2.38. The average molecular weight is 130 g/mol. The summed E-state index contributed by atoms with van der Waals surface area (Å²) in [5.74, 6) is 0. The zero-order valence-electron chi connectivity index (χ0n) is 6.54. The van der Waals surface area contributed by atoms with Crippen LogP contribution in [-0.2, 0) is 0 Å². The van der Waals surface area contributed by atoms with Crippen molar-refractivity contribution in [2.45, 2.75) is 46.0 Å². The number of rotatable bonds is 0. The van der Waals surface area contributed by atoms with Gasteiger partial charge < -0.3 is 5.48 Å². The smallest absolute Gasteiger partial charge is 0.0354 e. The Balaban J connectivity index is 0.000000640. The van der Waals surface area contributed by atoms with E-state index in [0.29, 0.717) is 5.41 Å². The van der Waals surface area contributed by atoms with Crippen LogP contribution in [0.25, 0.3) is 0 Å². The molecule has 1 fully saturated rings. The van der Waals surface area contributed by atoms with Gasteiger partial charge in [0.1, 0.15) is 0 Å². The molecule has 0 aromatic rings. The molecular weight excluding hydrogens is 112 g/mol. The Morgan fingerprint density at radius 3 is 1.56 bits per heavy atom. The minimum absolute atomic E-state index is 0. The van der Waals surface area contributed by atoms with Gasteiger partial charge in [-0.1, -0.05) is 33.1 Å². The summed E-state index contributed by atoms with van der Waals surface area (Å²) < 4.78 is 0. The summed E-state index contributed by atoms with van der Waals surface area (Å²) in [5.41, 5.74) is 0.679. The highest BCUT2D eigenvalue weighted by atomic mass is 16.0. The molecule has 0 amide bonds. The van der Waals surface area contributed by atoms with Crippen LogP contribution >= 0.6 is 0 Å². The first-order chi connectivity index (χ1) is 3.71. The molecule has 2 N–H and O–H groups in total. The molecule has 9 heavy (non-hydrogen) atoms. The fourth-order valence-corrected chi connectivity index (χ4v) is 1.51. The van der Waals surface area contributed by atoms with E-state index in [2.05, 4.69) is 13.8 Å². The zero-order valence-corrected chi connectivity index (χ0v) is 6.54. The van der Waals surface area contributed by atoms with Gasteiger partial charge in [-0.3, -0.25) is 0 Å². The fourth-order valence-electron chi connectivity index (χ4n) is 1.51. The lowest BCUT2D eigenvalue weighted by Gasteiger charge is -2.28. The molecule has 0 radical (unpaired) electrons. The van der Waals surface area contributed by atoms with Gasteiger partial charge in [0, 0.05) is 0 Å². The van der Waals surface area contributed by atoms with E-state index < -0.39 is 0 Å². The quantitative estimate of drug-likeness (QED) is 0.481. The van der Waals surface area contributed by atoms with Gasteiger partial charge in [0.05, 0.1) is 0 Å². The van der Waals surface area contributed by atoms with E-state index >= 15 is 0 Å². The van der Waals surface area contributed by atoms with Gasteiger partial charge in [-0.15, -0.1) is 0 Å². The van der Waals surface area contributed by atoms with Crippen LogP contribution in [0.15, 0.2) is 0 Å². The standard InChI is InChI=1S/C8H16.H2O/c1-8(2)6-4-3-5-7-8;/h3-7H2,1-2H3;1H2. The summed E-state index contributed by atoms with van der Waals surface area (Å²) in [6, 6.07) is 0. The Kier molecular flexibility index (Phi) is 3.20. The summed E-state index contributed by atoms with van der Waals surface area (Å²) in [4.78, 5) is 0. The normalized spacial score (nSPS) is 24.7. The summed E-state index contributed by atoms with van der Waals surface area (Å²) >= 11 is 0. The van der Waals surface area contributed by atoms with Crippen molar-refractivity contribution >= 4 is 0 Å². The summed E-state index contributed by atoms with van der Waals surface area (Å²) in [6.45, 7) is 4.76. The van der Waals surface area contributed by atoms with Crippen LogP contribution in [0.4, 0.5) is 0 Å². The molecular formula is C8H18O. The largest absolute Gasteiger partial charge is 0.412 e. The van der Waals surface area contributed by atoms with E-state index in [4.69, 9.17) is 0 Å². The van der Waals surface area contributed by atoms with E-state index in [1.807, 2.05) is 0 Å². The summed E-state index contributed by atoms with van der Waals surface area (Å²) in [7, 11) is 0. The third-order valence-corrected chi connectivity index (χ3v) is 2.21. The van der Waals surface area contributed by atoms with Crippen LogP contribution in [0.3, 0.4) is 0 Å². The molecule has 0 aromatic heterocycles. The van der Waals surface area contributed by atoms with Crippen molar-refractivity contribution in [3.05, 3.63) is 0 Å². The van der Waals surface area contributed by atoms with E-state index in [0.717, 1.165) is 0 Å². The first-order valence-corrected chi connectivity index (χ1v) is 3.71. The minimum atomic E-state index is 0. The SMILES string of the molecule is CC1(C)CCCCC1.O. The molecule has 1 nitrogen and oxygen atoms in total. The lowest BCUT2D eigenvalue weighted by atomic mass is 9.78. The second kappa shape index (κ2) is 3.21. The molecule has 0 saturated heterocycles. The molecule has 1 aliphatic carbocycles. The minimum Gasteiger partial charge on any atom is -0.412 e. The molecule has 1 heteroatoms. The van der Waals surface area contributed by atoms with Crippen LogP contribution in [0.2, 0.25) is 0 Å². The summed E-state index contributed by atoms with van der Waals surface area (Å²) in [6.07, 6.45) is 7.31. The predicted molar refractivity (Wildman–Crippen MR) is 40.5 cm³/mol. The van der Waals surface area contributed by atoms with Crippen LogP contribution in [0.5, 0.6) is 0 Å². The Labute approximate surface area is 57.8 Å². The highest BCUT2D eigenvalue weighted by Crippen LogP contribution is 2.34. The lowest BCUT2D eigenvalue weighted by molar-refractivity contribution is 0.244. The van der Waals surface area contributed by atoms with Gasteiger partial charge in [0.2, 0.25) is 0 Å². The highest BCUT2D eigenvalue weighted by Gasteiger charge is 2.19. The van der Waals surface area contributed by atoms with E-state index in [1.54, 1.807) is 0 Å². The second-order valence-electron chi connectivity index (χ2n) is 3.72. The number of hydrogen-bond acceptors (Lipinski definition) is 0. The monoisotopic (exact) mass is 130 g/mol. The average Bonchev–Trinajstić information content (AvgIpc) is 1.65. The van der Waals surface area contributed by atoms with Crippen molar-refractivity contribution in [2.24, 2.45) is 5.41 Å². The van der Waals surface area contributed by atoms with Gasteiger partial charge in [0.25, 0.3) is 0 Å². The molecule has 0 aromatic carbocycles. The molecule has 1 aliphatic rings. The van der Waals surface area contributed by atoms with Gasteiger partial charge in [-0.05, 0) is 18.3 Å². The molecule has 0 spiro atoms. The molecule has 56 valence electrons. The molecule has 0 unspecified atom stereocenters. The van der Waals surface area contributed by atoms with Gasteiger partial charge in [-0.25, -0.2) is 0 Å². The highest BCUT2D eigenvalue weighted by molar-refractivity contribution is 4.72. The van der Waals surface area contributed by atoms with Gasteiger partial charge in [0.15, 0.2) is 0 Å². The zero-order chi connectivity index (χ0) is 6.04. The molecule has 0 heterocycles. The Bertz CT molecular complexity index is 68.6. The van der Waals surface area contributed by atoms with Crippen molar-refractivity contribution in [3.8, 4) is 0 Å². The second-order valence-corrected chi connectivity index (χ2v) is 3.72. The Hall–Kier alpha value is -0.0400. The predicted octanol–water partition coefficient (Wildman–Crippen LogP) is 2.15. The fraction of sp³-hybridized carbons (Fsp3) is 1.00. The molecule has 1 saturated carbocycles. The van der Waals surface area contributed by atoms with Crippen molar-refractivity contribution < 1.29 is 5.48 Å². The van der Waals surface area contributed by atoms with Crippen LogP contribution in [0.1, 0.15) is 46.0 Å². The maximum absolute atomic E-state index is 2.38. The molecule has 1 rings (SSSR count). The van der Waals surface area contributed by atoms with Crippen molar-refractivity contribution in [1.82, 2.24) is 0 Å². The first-order valence-electron chi connectivity index (χ1n) is 3.71. The van der Waals surface area contributed by atoms with Crippen molar-refractivity contribution in [3.63, 3.8) is 0 Å². The summed E-state index contributed by atoms with van der Waals surface area (Å²) in [5, 5.41) is 0. The Morgan fingerprint density at radius 2 is 1.33 bits per heavy atom. The molecule has 0 bridgehead atoms. The van der Waals surface area contributed by atoms with Gasteiger partial charge in [-0.2, -0.15) is 0 Å². The first kappa shape index (κ1) is 8.96. The van der Waals surface area contributed by atoms with E-state index in [1.165, 1.54) is 32.1 Å². The lowest BCUT2D eigenvalue weighted by Crippen LogP contribution is -2.14. The third-order valence-electron chi connectivity index (χ3n) is 2.21. The van der Waals surface area contributed by atoms with Gasteiger partial charge >= 0.3 is 0 Å². The topological polar surface area (TPSA) is 31.5 Å². The maximum Gasteiger partial charge on any atom is -0.0354 e. The van der Waals surface area contributed by atoms with Crippen molar-refractivity contribution in [2.75, 3.05) is 0 Å². The van der Waals surface area contributed by atoms with Crippen molar-refractivity contribution in [1.29, 1.82) is 0 Å². The van der Waals surface area contributed by atoms with E-state index in [-0.39, 0.29) is 5.48 Å². The van der Waals surface area contributed by atoms with E-state index in [9.17, 15) is 0 Å². The Morgan fingerprint density at radius 1 is 0.889 bits per heavy atom. The van der Waals surface area contributed by atoms with Crippen LogP contribution in [-0.4, -0.2) is 5.48 Å². The van der Waals surface area contributed by atoms with Crippen LogP contribution < -0.4 is 0 Å². The van der Waals surface area contributed by atoms with Crippen LogP contribution in [0, 0.1) is 5.41 Å². The third kappa shape index (κ3) is 2.85. The molecule has 0 atom stereocenters.